The number of benzene rings is 1. The number of carbonyl (C=O) groups excluding carboxylic acids is 2. The van der Waals surface area contributed by atoms with Gasteiger partial charge in [0.25, 0.3) is 11.8 Å². The minimum absolute atomic E-state index is 0.0397. The number of rotatable bonds is 4. The van der Waals surface area contributed by atoms with E-state index < -0.39 is 0 Å². The van der Waals surface area contributed by atoms with E-state index in [2.05, 4.69) is 15.3 Å². The van der Waals surface area contributed by atoms with Crippen LogP contribution in [0.1, 0.15) is 41.4 Å². The number of nitrogens with zero attached hydrogens (tertiary/aromatic N) is 2. The van der Waals surface area contributed by atoms with Gasteiger partial charge in [-0.1, -0.05) is 0 Å². The standard InChI is InChI=1S/C19H22N4O3/c1-10(2)26-12-6-7-15-13(8-12)14(18(24)21-15)9-16-20-11(3)17(22-16)19(25)23(4)5/h6-10H,1-5H3,(H,20,22)(H,21,24)/b14-9-. The van der Waals surface area contributed by atoms with Crippen LogP contribution in [-0.2, 0) is 4.79 Å². The Morgan fingerprint density at radius 3 is 2.69 bits per heavy atom. The van der Waals surface area contributed by atoms with Crippen LogP contribution in [0.2, 0.25) is 0 Å². The Morgan fingerprint density at radius 2 is 2.04 bits per heavy atom. The van der Waals surface area contributed by atoms with Crippen LogP contribution in [0.15, 0.2) is 18.2 Å². The number of aromatic nitrogens is 2. The molecule has 0 radical (unpaired) electrons. The maximum Gasteiger partial charge on any atom is 0.273 e. The summed E-state index contributed by atoms with van der Waals surface area (Å²) in [6.07, 6.45) is 1.69. The van der Waals surface area contributed by atoms with Gasteiger partial charge in [-0.15, -0.1) is 0 Å². The lowest BCUT2D eigenvalue weighted by molar-refractivity contribution is -0.110. The predicted molar refractivity (Wildman–Crippen MR) is 100 cm³/mol. The van der Waals surface area contributed by atoms with Crippen LogP contribution in [0.4, 0.5) is 5.69 Å². The van der Waals surface area contributed by atoms with Gasteiger partial charge >= 0.3 is 0 Å². The largest absolute Gasteiger partial charge is 0.491 e. The lowest BCUT2D eigenvalue weighted by Crippen LogP contribution is -2.22. The van der Waals surface area contributed by atoms with Crippen LogP contribution in [-0.4, -0.2) is 46.9 Å². The summed E-state index contributed by atoms with van der Waals surface area (Å²) >= 11 is 0. The number of carbonyl (C=O) groups is 2. The van der Waals surface area contributed by atoms with Gasteiger partial charge in [-0.05, 0) is 45.0 Å². The van der Waals surface area contributed by atoms with Crippen LogP contribution < -0.4 is 10.1 Å². The van der Waals surface area contributed by atoms with Crippen molar-refractivity contribution in [1.82, 2.24) is 14.9 Å². The van der Waals surface area contributed by atoms with Crippen LogP contribution in [0.5, 0.6) is 5.75 Å². The van der Waals surface area contributed by atoms with E-state index >= 15 is 0 Å². The second-order valence-corrected chi connectivity index (χ2v) is 6.68. The normalized spacial score (nSPS) is 14.5. The highest BCUT2D eigenvalue weighted by Gasteiger charge is 2.26. The van der Waals surface area contributed by atoms with Crippen LogP contribution >= 0.6 is 0 Å². The summed E-state index contributed by atoms with van der Waals surface area (Å²) in [5.41, 5.74) is 2.96. The van der Waals surface area contributed by atoms with E-state index in [-0.39, 0.29) is 17.9 Å². The van der Waals surface area contributed by atoms with Gasteiger partial charge in [0.15, 0.2) is 0 Å². The third-order valence-electron chi connectivity index (χ3n) is 3.94. The lowest BCUT2D eigenvalue weighted by atomic mass is 10.1. The molecule has 0 bridgehead atoms. The molecule has 0 atom stereocenters. The molecule has 2 N–H and O–H groups in total. The highest BCUT2D eigenvalue weighted by molar-refractivity contribution is 6.34. The van der Waals surface area contributed by atoms with E-state index in [4.69, 9.17) is 4.74 Å². The minimum Gasteiger partial charge on any atom is -0.491 e. The maximum absolute atomic E-state index is 12.4. The third-order valence-corrected chi connectivity index (χ3v) is 3.94. The fourth-order valence-electron chi connectivity index (χ4n) is 2.76. The molecular weight excluding hydrogens is 332 g/mol. The van der Waals surface area contributed by atoms with Crippen molar-refractivity contribution in [3.05, 3.63) is 41.0 Å². The van der Waals surface area contributed by atoms with Gasteiger partial charge in [0.2, 0.25) is 0 Å². The Bertz CT molecular complexity index is 910. The van der Waals surface area contributed by atoms with Gasteiger partial charge in [0, 0.05) is 31.0 Å². The molecule has 1 aromatic carbocycles. The van der Waals surface area contributed by atoms with Gasteiger partial charge in [-0.25, -0.2) is 4.98 Å². The Kier molecular flexibility index (Phi) is 4.54. The van der Waals surface area contributed by atoms with Crippen molar-refractivity contribution >= 4 is 29.2 Å². The zero-order valence-corrected chi connectivity index (χ0v) is 15.5. The summed E-state index contributed by atoms with van der Waals surface area (Å²) in [6, 6.07) is 5.48. The van der Waals surface area contributed by atoms with Crippen molar-refractivity contribution in [3.8, 4) is 5.75 Å². The predicted octanol–water partition coefficient (Wildman–Crippen LogP) is 2.70. The fourth-order valence-corrected chi connectivity index (χ4v) is 2.76. The van der Waals surface area contributed by atoms with Crippen molar-refractivity contribution in [3.63, 3.8) is 0 Å². The molecule has 2 heterocycles. The molecule has 2 amide bonds. The second kappa shape index (κ2) is 6.67. The first-order chi connectivity index (χ1) is 12.3. The van der Waals surface area contributed by atoms with Gasteiger partial charge in [-0.2, -0.15) is 0 Å². The Morgan fingerprint density at radius 1 is 1.31 bits per heavy atom. The number of nitrogens with one attached hydrogen (secondary N) is 2. The number of hydrogen-bond donors (Lipinski definition) is 2. The topological polar surface area (TPSA) is 87.3 Å². The second-order valence-electron chi connectivity index (χ2n) is 6.68. The SMILES string of the molecule is Cc1[nH]c(/C=C2\C(=O)Nc3ccc(OC(C)C)cc32)nc1C(=O)N(C)C. The highest BCUT2D eigenvalue weighted by Crippen LogP contribution is 2.35. The fraction of sp³-hybridized carbons (Fsp3) is 0.316. The molecule has 0 saturated heterocycles. The number of ether oxygens (including phenoxy) is 1. The lowest BCUT2D eigenvalue weighted by Gasteiger charge is -2.10. The van der Waals surface area contributed by atoms with Crippen molar-refractivity contribution in [2.45, 2.75) is 26.9 Å². The molecule has 26 heavy (non-hydrogen) atoms. The molecule has 1 aliphatic heterocycles. The zero-order valence-electron chi connectivity index (χ0n) is 15.5. The van der Waals surface area contributed by atoms with Crippen molar-refractivity contribution in [2.75, 3.05) is 19.4 Å². The molecule has 7 nitrogen and oxygen atoms in total. The Balaban J connectivity index is 1.99. The van der Waals surface area contributed by atoms with Crippen LogP contribution in [0.25, 0.3) is 11.6 Å². The molecule has 0 saturated carbocycles. The van der Waals surface area contributed by atoms with Gasteiger partial charge in [0.05, 0.1) is 11.7 Å². The van der Waals surface area contributed by atoms with Crippen molar-refractivity contribution in [1.29, 1.82) is 0 Å². The molecule has 136 valence electrons. The average molecular weight is 354 g/mol. The smallest absolute Gasteiger partial charge is 0.273 e. The summed E-state index contributed by atoms with van der Waals surface area (Å²) in [6.45, 7) is 5.67. The number of anilines is 1. The highest BCUT2D eigenvalue weighted by atomic mass is 16.5. The van der Waals surface area contributed by atoms with E-state index in [9.17, 15) is 9.59 Å². The molecule has 0 aliphatic carbocycles. The maximum atomic E-state index is 12.4. The van der Waals surface area contributed by atoms with Crippen molar-refractivity contribution < 1.29 is 14.3 Å². The molecular formula is C19H22N4O3. The first-order valence-electron chi connectivity index (χ1n) is 8.38. The summed E-state index contributed by atoms with van der Waals surface area (Å²) in [5.74, 6) is 0.754. The van der Waals surface area contributed by atoms with E-state index in [1.54, 1.807) is 27.1 Å². The van der Waals surface area contributed by atoms with E-state index in [0.29, 0.717) is 28.5 Å². The molecule has 1 aliphatic rings. The number of fused-ring (bicyclic) bond motifs is 1. The van der Waals surface area contributed by atoms with E-state index in [0.717, 1.165) is 11.3 Å². The summed E-state index contributed by atoms with van der Waals surface area (Å²) < 4.78 is 5.71. The first kappa shape index (κ1) is 17.7. The van der Waals surface area contributed by atoms with Gasteiger partial charge in [0.1, 0.15) is 17.3 Å². The number of hydrogen-bond acceptors (Lipinski definition) is 4. The Hall–Kier alpha value is -3.09. The molecule has 0 unspecified atom stereocenters. The van der Waals surface area contributed by atoms with Crippen LogP contribution in [0, 0.1) is 6.92 Å². The number of imidazole rings is 1. The molecule has 0 spiro atoms. The molecule has 0 fully saturated rings. The number of aryl methyl sites for hydroxylation is 1. The van der Waals surface area contributed by atoms with E-state index in [1.165, 1.54) is 4.90 Å². The van der Waals surface area contributed by atoms with E-state index in [1.807, 2.05) is 32.0 Å². The van der Waals surface area contributed by atoms with Crippen LogP contribution in [0.3, 0.4) is 0 Å². The summed E-state index contributed by atoms with van der Waals surface area (Å²) in [5, 5.41) is 2.83. The molecule has 1 aromatic heterocycles. The summed E-state index contributed by atoms with van der Waals surface area (Å²) in [4.78, 5) is 33.4. The first-order valence-corrected chi connectivity index (χ1v) is 8.38. The monoisotopic (exact) mass is 354 g/mol. The summed E-state index contributed by atoms with van der Waals surface area (Å²) in [7, 11) is 3.34. The number of amides is 2. The molecule has 2 aromatic rings. The molecule has 3 rings (SSSR count). The molecule has 7 heteroatoms. The van der Waals surface area contributed by atoms with Crippen molar-refractivity contribution in [2.24, 2.45) is 0 Å². The van der Waals surface area contributed by atoms with Gasteiger partial charge < -0.3 is 19.9 Å². The number of H-pyrrole nitrogens is 1. The Labute approximate surface area is 152 Å². The average Bonchev–Trinajstić information content (AvgIpc) is 3.07. The third kappa shape index (κ3) is 3.33. The van der Waals surface area contributed by atoms with Gasteiger partial charge in [-0.3, -0.25) is 9.59 Å². The zero-order chi connectivity index (χ0) is 19.0. The number of aromatic amines is 1. The quantitative estimate of drug-likeness (QED) is 0.827. The minimum atomic E-state index is -0.212.